The first-order valence-corrected chi connectivity index (χ1v) is 10.2. The largest absolute Gasteiger partial charge is 0.325 e. The van der Waals surface area contributed by atoms with Crippen molar-refractivity contribution in [2.45, 2.75) is 13.0 Å². The third-order valence-corrected chi connectivity index (χ3v) is 5.18. The van der Waals surface area contributed by atoms with Crippen LogP contribution in [0.5, 0.6) is 0 Å². The van der Waals surface area contributed by atoms with E-state index in [-0.39, 0.29) is 12.5 Å². The minimum atomic E-state index is -0.507. The highest BCUT2D eigenvalue weighted by atomic mass is 79.9. The van der Waals surface area contributed by atoms with Crippen LogP contribution in [-0.2, 0) is 11.3 Å². The van der Waals surface area contributed by atoms with Gasteiger partial charge in [-0.25, -0.2) is 4.79 Å². The van der Waals surface area contributed by atoms with Crippen molar-refractivity contribution in [1.29, 1.82) is 0 Å². The highest BCUT2D eigenvalue weighted by Gasteiger charge is 2.18. The normalized spacial score (nSPS) is 15.6. The number of nitrogens with one attached hydrogen (secondary N) is 2. The number of hydrogen-bond acceptors (Lipinski definition) is 4. The van der Waals surface area contributed by atoms with Crippen LogP contribution in [-0.4, -0.2) is 54.5 Å². The van der Waals surface area contributed by atoms with E-state index in [2.05, 4.69) is 60.6 Å². The Hall–Kier alpha value is -2.22. The molecule has 0 bridgehead atoms. The lowest BCUT2D eigenvalue weighted by Gasteiger charge is -2.21. The van der Waals surface area contributed by atoms with Gasteiger partial charge in [0.25, 0.3) is 0 Å². The Morgan fingerprint density at radius 3 is 2.32 bits per heavy atom. The fourth-order valence-electron chi connectivity index (χ4n) is 3.25. The van der Waals surface area contributed by atoms with Crippen molar-refractivity contribution in [1.82, 2.24) is 15.1 Å². The first-order valence-electron chi connectivity index (χ1n) is 9.43. The van der Waals surface area contributed by atoms with Gasteiger partial charge in [0.15, 0.2) is 0 Å². The molecule has 0 saturated carbocycles. The topological polar surface area (TPSA) is 64.7 Å². The summed E-state index contributed by atoms with van der Waals surface area (Å²) in [6, 6.07) is 17.1. The van der Waals surface area contributed by atoms with E-state index in [9.17, 15) is 9.59 Å². The lowest BCUT2D eigenvalue weighted by molar-refractivity contribution is -0.121. The Kier molecular flexibility index (Phi) is 7.59. The summed E-state index contributed by atoms with van der Waals surface area (Å²) < 4.78 is 0.928. The molecule has 3 rings (SSSR count). The molecule has 0 atom stereocenters. The Morgan fingerprint density at radius 1 is 0.893 bits per heavy atom. The number of carbonyl (C=O) groups is 2. The van der Waals surface area contributed by atoms with Crippen LogP contribution < -0.4 is 10.6 Å². The third-order valence-electron chi connectivity index (χ3n) is 4.65. The van der Waals surface area contributed by atoms with Crippen LogP contribution in [0.15, 0.2) is 59.1 Å². The maximum absolute atomic E-state index is 12.2. The van der Waals surface area contributed by atoms with Crippen molar-refractivity contribution >= 4 is 33.6 Å². The Morgan fingerprint density at radius 2 is 1.57 bits per heavy atom. The van der Waals surface area contributed by atoms with Crippen molar-refractivity contribution in [2.75, 3.05) is 38.0 Å². The molecule has 1 aliphatic rings. The number of halogens is 1. The van der Waals surface area contributed by atoms with Crippen LogP contribution >= 0.6 is 15.9 Å². The summed E-state index contributed by atoms with van der Waals surface area (Å²) in [5, 5.41) is 5.07. The predicted octanol–water partition coefficient (Wildman–Crippen LogP) is 3.31. The van der Waals surface area contributed by atoms with Gasteiger partial charge >= 0.3 is 6.03 Å². The number of benzene rings is 2. The van der Waals surface area contributed by atoms with E-state index in [4.69, 9.17) is 0 Å². The fraction of sp³-hybridized carbons (Fsp3) is 0.333. The highest BCUT2D eigenvalue weighted by molar-refractivity contribution is 9.10. The van der Waals surface area contributed by atoms with Gasteiger partial charge in [0.2, 0.25) is 5.91 Å². The second-order valence-electron chi connectivity index (χ2n) is 6.90. The van der Waals surface area contributed by atoms with Crippen LogP contribution in [0, 0.1) is 0 Å². The van der Waals surface area contributed by atoms with Gasteiger partial charge in [0.05, 0.1) is 6.54 Å². The minimum Gasteiger partial charge on any atom is -0.308 e. The average molecular weight is 445 g/mol. The average Bonchev–Trinajstić information content (AvgIpc) is 2.89. The molecule has 0 unspecified atom stereocenters. The second kappa shape index (κ2) is 10.4. The van der Waals surface area contributed by atoms with Gasteiger partial charge in [0.1, 0.15) is 0 Å². The number of imide groups is 1. The maximum Gasteiger partial charge on any atom is 0.325 e. The fourth-order valence-corrected chi connectivity index (χ4v) is 3.51. The molecule has 1 heterocycles. The molecule has 0 aliphatic carbocycles. The van der Waals surface area contributed by atoms with E-state index in [0.29, 0.717) is 5.69 Å². The Labute approximate surface area is 174 Å². The molecule has 1 fully saturated rings. The quantitative estimate of drug-likeness (QED) is 0.742. The molecule has 1 saturated heterocycles. The zero-order valence-electron chi connectivity index (χ0n) is 15.7. The number of urea groups is 1. The molecule has 1 aliphatic heterocycles. The summed E-state index contributed by atoms with van der Waals surface area (Å²) in [5.41, 5.74) is 1.94. The molecule has 2 aromatic carbocycles. The van der Waals surface area contributed by atoms with Gasteiger partial charge in [-0.2, -0.15) is 0 Å². The van der Waals surface area contributed by atoms with E-state index in [0.717, 1.165) is 43.6 Å². The smallest absolute Gasteiger partial charge is 0.308 e. The molecule has 0 aromatic heterocycles. The number of anilines is 1. The lowest BCUT2D eigenvalue weighted by atomic mass is 10.2. The van der Waals surface area contributed by atoms with Crippen LogP contribution in [0.1, 0.15) is 12.0 Å². The van der Waals surface area contributed by atoms with Crippen LogP contribution in [0.25, 0.3) is 0 Å². The zero-order valence-corrected chi connectivity index (χ0v) is 17.3. The van der Waals surface area contributed by atoms with E-state index in [1.807, 2.05) is 18.2 Å². The molecule has 2 N–H and O–H groups in total. The molecule has 28 heavy (non-hydrogen) atoms. The van der Waals surface area contributed by atoms with Gasteiger partial charge in [0, 0.05) is 29.8 Å². The maximum atomic E-state index is 12.2. The second-order valence-corrected chi connectivity index (χ2v) is 7.82. The Balaban J connectivity index is 1.41. The van der Waals surface area contributed by atoms with Crippen molar-refractivity contribution in [3.63, 3.8) is 0 Å². The molecule has 6 nitrogen and oxygen atoms in total. The van der Waals surface area contributed by atoms with E-state index < -0.39 is 6.03 Å². The predicted molar refractivity (Wildman–Crippen MR) is 114 cm³/mol. The van der Waals surface area contributed by atoms with E-state index >= 15 is 0 Å². The summed E-state index contributed by atoms with van der Waals surface area (Å²) in [5.74, 6) is -0.286. The zero-order chi connectivity index (χ0) is 19.8. The van der Waals surface area contributed by atoms with E-state index in [1.165, 1.54) is 5.56 Å². The lowest BCUT2D eigenvalue weighted by Crippen LogP contribution is -2.42. The van der Waals surface area contributed by atoms with Crippen molar-refractivity contribution in [3.05, 3.63) is 64.6 Å². The van der Waals surface area contributed by atoms with Crippen molar-refractivity contribution in [2.24, 2.45) is 0 Å². The monoisotopic (exact) mass is 444 g/mol. The molecular formula is C21H25BrN4O2. The number of carbonyl (C=O) groups excluding carboxylic acids is 2. The summed E-state index contributed by atoms with van der Waals surface area (Å²) in [6.07, 6.45) is 1.01. The SMILES string of the molecule is O=C(CN1CCCN(Cc2ccccc2)CC1)NC(=O)Nc1ccc(Br)cc1. The van der Waals surface area contributed by atoms with Gasteiger partial charge in [-0.1, -0.05) is 46.3 Å². The number of rotatable bonds is 5. The molecule has 3 amide bonds. The highest BCUT2D eigenvalue weighted by Crippen LogP contribution is 2.14. The Bertz CT molecular complexity index is 783. The standard InChI is InChI=1S/C21H25BrN4O2/c22-18-7-9-19(10-8-18)23-21(28)24-20(27)16-26-12-4-11-25(13-14-26)15-17-5-2-1-3-6-17/h1-3,5-10H,4,11-16H2,(H2,23,24,27,28). The number of amides is 3. The van der Waals surface area contributed by atoms with E-state index in [1.54, 1.807) is 12.1 Å². The van der Waals surface area contributed by atoms with Crippen molar-refractivity contribution in [3.8, 4) is 0 Å². The van der Waals surface area contributed by atoms with Crippen molar-refractivity contribution < 1.29 is 9.59 Å². The molecule has 148 valence electrons. The van der Waals surface area contributed by atoms with Crippen LogP contribution in [0.3, 0.4) is 0 Å². The third kappa shape index (κ3) is 6.74. The molecule has 2 aromatic rings. The van der Waals surface area contributed by atoms with Crippen LogP contribution in [0.4, 0.5) is 10.5 Å². The minimum absolute atomic E-state index is 0.229. The molecular weight excluding hydrogens is 420 g/mol. The molecule has 0 radical (unpaired) electrons. The molecule has 0 spiro atoms. The summed E-state index contributed by atoms with van der Waals surface area (Å²) in [7, 11) is 0. The number of hydrogen-bond donors (Lipinski definition) is 2. The first kappa shape index (κ1) is 20.5. The first-order chi connectivity index (χ1) is 13.6. The van der Waals surface area contributed by atoms with Crippen LogP contribution in [0.2, 0.25) is 0 Å². The summed E-state index contributed by atoms with van der Waals surface area (Å²) in [4.78, 5) is 28.7. The van der Waals surface area contributed by atoms with Gasteiger partial charge in [-0.15, -0.1) is 0 Å². The van der Waals surface area contributed by atoms with Gasteiger partial charge in [-0.3, -0.25) is 19.9 Å². The summed E-state index contributed by atoms with van der Waals surface area (Å²) >= 11 is 3.34. The van der Waals surface area contributed by atoms with Gasteiger partial charge in [-0.05, 0) is 49.3 Å². The molecule has 7 heteroatoms. The summed E-state index contributed by atoms with van der Waals surface area (Å²) in [6.45, 7) is 4.75. The number of nitrogens with zero attached hydrogens (tertiary/aromatic N) is 2. The van der Waals surface area contributed by atoms with Gasteiger partial charge < -0.3 is 5.32 Å².